The summed E-state index contributed by atoms with van der Waals surface area (Å²) in [7, 11) is 0. The van der Waals surface area contributed by atoms with Gasteiger partial charge in [0.2, 0.25) is 11.8 Å². The number of rotatable bonds is 11. The summed E-state index contributed by atoms with van der Waals surface area (Å²) in [5.74, 6) is -4.09. The Balaban J connectivity index is 5.11. The van der Waals surface area contributed by atoms with Gasteiger partial charge < -0.3 is 26.6 Å². The predicted molar refractivity (Wildman–Crippen MR) is 90.6 cm³/mol. The summed E-state index contributed by atoms with van der Waals surface area (Å²) in [4.78, 5) is 46.4. The molecular formula is C16H29N3O6. The minimum Gasteiger partial charge on any atom is -0.481 e. The highest BCUT2D eigenvalue weighted by molar-refractivity contribution is 5.92. The second kappa shape index (κ2) is 10.7. The summed E-state index contributed by atoms with van der Waals surface area (Å²) >= 11 is 0. The lowest BCUT2D eigenvalue weighted by Gasteiger charge is -2.25. The van der Waals surface area contributed by atoms with Crippen LogP contribution in [0.5, 0.6) is 0 Å². The number of hydrogen-bond donors (Lipinski definition) is 5. The van der Waals surface area contributed by atoms with Gasteiger partial charge in [-0.1, -0.05) is 34.1 Å². The van der Waals surface area contributed by atoms with Crippen molar-refractivity contribution < 1.29 is 29.4 Å². The fourth-order valence-electron chi connectivity index (χ4n) is 2.13. The Morgan fingerprint density at radius 2 is 1.48 bits per heavy atom. The lowest BCUT2D eigenvalue weighted by molar-refractivity contribution is -0.147. The molecule has 9 heteroatoms. The van der Waals surface area contributed by atoms with E-state index in [4.69, 9.17) is 15.9 Å². The molecule has 0 rings (SSSR count). The van der Waals surface area contributed by atoms with E-state index in [0.29, 0.717) is 6.42 Å². The molecule has 0 aromatic rings. The van der Waals surface area contributed by atoms with E-state index in [0.717, 1.165) is 0 Å². The molecule has 0 saturated carbocycles. The van der Waals surface area contributed by atoms with Gasteiger partial charge in [0, 0.05) is 0 Å². The lowest BCUT2D eigenvalue weighted by Crippen LogP contribution is -2.56. The zero-order chi connectivity index (χ0) is 19.7. The Labute approximate surface area is 147 Å². The highest BCUT2D eigenvalue weighted by atomic mass is 16.4. The predicted octanol–water partition coefficient (Wildman–Crippen LogP) is -0.0652. The number of carboxylic acids is 2. The van der Waals surface area contributed by atoms with Gasteiger partial charge in [0.05, 0.1) is 12.5 Å². The molecule has 0 aliphatic heterocycles. The van der Waals surface area contributed by atoms with Crippen molar-refractivity contribution in [2.24, 2.45) is 17.6 Å². The summed E-state index contributed by atoms with van der Waals surface area (Å²) < 4.78 is 0. The molecule has 0 heterocycles. The van der Waals surface area contributed by atoms with E-state index in [9.17, 15) is 19.2 Å². The third kappa shape index (κ3) is 8.48. The molecule has 0 spiro atoms. The average Bonchev–Trinajstić information content (AvgIpc) is 2.50. The topological polar surface area (TPSA) is 159 Å². The van der Waals surface area contributed by atoms with Gasteiger partial charge in [0.15, 0.2) is 0 Å². The van der Waals surface area contributed by atoms with Crippen molar-refractivity contribution in [3.05, 3.63) is 0 Å². The van der Waals surface area contributed by atoms with E-state index in [1.807, 2.05) is 27.7 Å². The fourth-order valence-corrected chi connectivity index (χ4v) is 2.13. The Morgan fingerprint density at radius 3 is 1.88 bits per heavy atom. The molecule has 0 radical (unpaired) electrons. The molecule has 0 aromatic carbocycles. The van der Waals surface area contributed by atoms with Gasteiger partial charge in [0.1, 0.15) is 12.1 Å². The Kier molecular flexibility index (Phi) is 9.73. The second-order valence-corrected chi connectivity index (χ2v) is 6.60. The molecule has 0 unspecified atom stereocenters. The molecule has 2 amide bonds. The van der Waals surface area contributed by atoms with Crippen LogP contribution in [0.1, 0.15) is 47.0 Å². The maximum Gasteiger partial charge on any atom is 0.326 e. The van der Waals surface area contributed by atoms with Crippen LogP contribution in [-0.2, 0) is 19.2 Å². The third-order valence-corrected chi connectivity index (χ3v) is 3.89. The van der Waals surface area contributed by atoms with E-state index in [-0.39, 0.29) is 18.3 Å². The third-order valence-electron chi connectivity index (χ3n) is 3.89. The minimum atomic E-state index is -1.57. The standard InChI is InChI=1S/C16H29N3O6/c1-5-9(4)13(17)15(23)18-10(6-8(2)3)14(22)19-11(16(24)25)7-12(20)21/h8-11,13H,5-7,17H2,1-4H3,(H,18,23)(H,19,22)(H,20,21)(H,24,25)/t9-,10-,11-,13-/m0/s1. The molecule has 25 heavy (non-hydrogen) atoms. The highest BCUT2D eigenvalue weighted by Gasteiger charge is 2.30. The van der Waals surface area contributed by atoms with Crippen LogP contribution in [-0.4, -0.2) is 52.1 Å². The summed E-state index contributed by atoms with van der Waals surface area (Å²) in [6, 6.07) is -3.35. The summed E-state index contributed by atoms with van der Waals surface area (Å²) in [6.45, 7) is 7.38. The molecule has 0 fully saturated rings. The van der Waals surface area contributed by atoms with E-state index < -0.39 is 48.3 Å². The number of carbonyl (C=O) groups excluding carboxylic acids is 2. The summed E-state index contributed by atoms with van der Waals surface area (Å²) in [6.07, 6.45) is 0.204. The average molecular weight is 359 g/mol. The van der Waals surface area contributed by atoms with Gasteiger partial charge >= 0.3 is 11.9 Å². The number of nitrogens with one attached hydrogen (secondary N) is 2. The molecule has 6 N–H and O–H groups in total. The van der Waals surface area contributed by atoms with E-state index in [1.54, 1.807) is 0 Å². The summed E-state index contributed by atoms with van der Waals surface area (Å²) in [5, 5.41) is 22.5. The smallest absolute Gasteiger partial charge is 0.326 e. The van der Waals surface area contributed by atoms with Crippen molar-refractivity contribution in [3.8, 4) is 0 Å². The fraction of sp³-hybridized carbons (Fsp3) is 0.750. The molecule has 0 saturated heterocycles. The zero-order valence-electron chi connectivity index (χ0n) is 15.1. The summed E-state index contributed by atoms with van der Waals surface area (Å²) in [5.41, 5.74) is 5.85. The van der Waals surface area contributed by atoms with Gasteiger partial charge in [-0.2, -0.15) is 0 Å². The monoisotopic (exact) mass is 359 g/mol. The highest BCUT2D eigenvalue weighted by Crippen LogP contribution is 2.09. The van der Waals surface area contributed by atoms with Crippen molar-refractivity contribution in [3.63, 3.8) is 0 Å². The van der Waals surface area contributed by atoms with Crippen LogP contribution in [0.25, 0.3) is 0 Å². The first kappa shape index (κ1) is 22.8. The molecule has 0 aliphatic rings. The van der Waals surface area contributed by atoms with Crippen LogP contribution < -0.4 is 16.4 Å². The molecule has 9 nitrogen and oxygen atoms in total. The molecule has 0 aromatic heterocycles. The minimum absolute atomic E-state index is 0.0404. The number of aliphatic carboxylic acids is 2. The van der Waals surface area contributed by atoms with Gasteiger partial charge in [-0.15, -0.1) is 0 Å². The number of amides is 2. The first-order valence-electron chi connectivity index (χ1n) is 8.30. The van der Waals surface area contributed by atoms with Crippen LogP contribution in [0.2, 0.25) is 0 Å². The van der Waals surface area contributed by atoms with Gasteiger partial charge in [-0.3, -0.25) is 14.4 Å². The van der Waals surface area contributed by atoms with Crippen LogP contribution in [0.4, 0.5) is 0 Å². The van der Waals surface area contributed by atoms with Gasteiger partial charge in [0.25, 0.3) is 0 Å². The van der Waals surface area contributed by atoms with Gasteiger partial charge in [-0.25, -0.2) is 4.79 Å². The maximum atomic E-state index is 12.3. The van der Waals surface area contributed by atoms with Crippen molar-refractivity contribution >= 4 is 23.8 Å². The molecule has 4 atom stereocenters. The number of carboxylic acid groups (broad SMARTS) is 2. The second-order valence-electron chi connectivity index (χ2n) is 6.60. The number of hydrogen-bond acceptors (Lipinski definition) is 5. The van der Waals surface area contributed by atoms with Crippen LogP contribution in [0.15, 0.2) is 0 Å². The van der Waals surface area contributed by atoms with Crippen molar-refractivity contribution in [2.75, 3.05) is 0 Å². The van der Waals surface area contributed by atoms with Crippen LogP contribution >= 0.6 is 0 Å². The molecular weight excluding hydrogens is 330 g/mol. The first-order chi connectivity index (χ1) is 11.5. The lowest BCUT2D eigenvalue weighted by atomic mass is 9.97. The molecule has 144 valence electrons. The van der Waals surface area contributed by atoms with E-state index in [1.165, 1.54) is 0 Å². The Morgan fingerprint density at radius 1 is 0.960 bits per heavy atom. The Bertz CT molecular complexity index is 494. The molecule has 0 aliphatic carbocycles. The van der Waals surface area contributed by atoms with Crippen LogP contribution in [0, 0.1) is 11.8 Å². The zero-order valence-corrected chi connectivity index (χ0v) is 15.1. The van der Waals surface area contributed by atoms with E-state index >= 15 is 0 Å². The first-order valence-corrected chi connectivity index (χ1v) is 8.30. The number of carbonyl (C=O) groups is 4. The normalized spacial score (nSPS) is 15.8. The van der Waals surface area contributed by atoms with Crippen LogP contribution in [0.3, 0.4) is 0 Å². The SMILES string of the molecule is CC[C@H](C)[C@H](N)C(=O)N[C@@H](CC(C)C)C(=O)N[C@@H](CC(=O)O)C(=O)O. The van der Waals surface area contributed by atoms with E-state index in [2.05, 4.69) is 10.6 Å². The van der Waals surface area contributed by atoms with Crippen molar-refractivity contribution in [1.29, 1.82) is 0 Å². The maximum absolute atomic E-state index is 12.3. The van der Waals surface area contributed by atoms with Crippen molar-refractivity contribution in [1.82, 2.24) is 10.6 Å². The molecule has 0 bridgehead atoms. The van der Waals surface area contributed by atoms with Gasteiger partial charge in [-0.05, 0) is 18.3 Å². The number of nitrogens with two attached hydrogens (primary N) is 1. The van der Waals surface area contributed by atoms with Crippen molar-refractivity contribution in [2.45, 2.75) is 65.1 Å². The quantitative estimate of drug-likeness (QED) is 0.345. The Hall–Kier alpha value is -2.16. The largest absolute Gasteiger partial charge is 0.481 e.